The van der Waals surface area contributed by atoms with Gasteiger partial charge in [0.05, 0.1) is 18.6 Å². The molecule has 18 heavy (non-hydrogen) atoms. The van der Waals surface area contributed by atoms with E-state index in [4.69, 9.17) is 9.47 Å². The number of hydrogen-bond donors (Lipinski definition) is 0. The van der Waals surface area contributed by atoms with Crippen molar-refractivity contribution >= 4 is 0 Å². The predicted octanol–water partition coefficient (Wildman–Crippen LogP) is 3.90. The van der Waals surface area contributed by atoms with Gasteiger partial charge in [-0.2, -0.15) is 13.2 Å². The van der Waals surface area contributed by atoms with Gasteiger partial charge < -0.3 is 9.47 Å². The molecule has 0 aliphatic rings. The SMILES string of the molecule is CCOc1cccc(C(C)(CC(F)(F)F)OC)c1. The van der Waals surface area contributed by atoms with E-state index in [2.05, 4.69) is 0 Å². The summed E-state index contributed by atoms with van der Waals surface area (Å²) >= 11 is 0. The van der Waals surface area contributed by atoms with Crippen molar-refractivity contribution < 1.29 is 22.6 Å². The molecule has 0 N–H and O–H groups in total. The van der Waals surface area contributed by atoms with Gasteiger partial charge in [0.25, 0.3) is 0 Å². The smallest absolute Gasteiger partial charge is 0.392 e. The fraction of sp³-hybridized carbons (Fsp3) is 0.538. The second kappa shape index (κ2) is 5.61. The van der Waals surface area contributed by atoms with E-state index in [1.54, 1.807) is 24.3 Å². The van der Waals surface area contributed by atoms with E-state index in [-0.39, 0.29) is 0 Å². The van der Waals surface area contributed by atoms with Crippen LogP contribution in [-0.4, -0.2) is 19.9 Å². The molecule has 0 heterocycles. The molecule has 0 aliphatic carbocycles. The van der Waals surface area contributed by atoms with Gasteiger partial charge in [-0.3, -0.25) is 0 Å². The molecule has 0 spiro atoms. The van der Waals surface area contributed by atoms with E-state index in [0.717, 1.165) is 0 Å². The summed E-state index contributed by atoms with van der Waals surface area (Å²) in [4.78, 5) is 0. The minimum atomic E-state index is -4.29. The molecule has 0 aromatic heterocycles. The average molecular weight is 262 g/mol. The van der Waals surface area contributed by atoms with Crippen molar-refractivity contribution in [1.29, 1.82) is 0 Å². The lowest BCUT2D eigenvalue weighted by molar-refractivity contribution is -0.181. The fourth-order valence-electron chi connectivity index (χ4n) is 1.76. The van der Waals surface area contributed by atoms with E-state index in [9.17, 15) is 13.2 Å². The van der Waals surface area contributed by atoms with Crippen LogP contribution in [0.25, 0.3) is 0 Å². The Hall–Kier alpha value is -1.23. The highest BCUT2D eigenvalue weighted by Gasteiger charge is 2.40. The lowest BCUT2D eigenvalue weighted by Crippen LogP contribution is -2.31. The monoisotopic (exact) mass is 262 g/mol. The molecule has 0 radical (unpaired) electrons. The largest absolute Gasteiger partial charge is 0.494 e. The quantitative estimate of drug-likeness (QED) is 0.801. The maximum Gasteiger partial charge on any atom is 0.392 e. The minimum Gasteiger partial charge on any atom is -0.494 e. The van der Waals surface area contributed by atoms with Crippen molar-refractivity contribution in [3.05, 3.63) is 29.8 Å². The van der Waals surface area contributed by atoms with Crippen molar-refractivity contribution in [2.75, 3.05) is 13.7 Å². The second-order valence-corrected chi connectivity index (χ2v) is 4.19. The summed E-state index contributed by atoms with van der Waals surface area (Å²) in [5.41, 5.74) is -0.945. The lowest BCUT2D eigenvalue weighted by Gasteiger charge is -2.30. The van der Waals surface area contributed by atoms with E-state index in [1.807, 2.05) is 6.92 Å². The van der Waals surface area contributed by atoms with Gasteiger partial charge in [-0.15, -0.1) is 0 Å². The molecule has 1 atom stereocenters. The Morgan fingerprint density at radius 1 is 1.22 bits per heavy atom. The normalized spacial score (nSPS) is 15.2. The van der Waals surface area contributed by atoms with Gasteiger partial charge in [-0.25, -0.2) is 0 Å². The average Bonchev–Trinajstić information content (AvgIpc) is 2.27. The highest BCUT2D eigenvalue weighted by molar-refractivity contribution is 5.32. The van der Waals surface area contributed by atoms with Crippen molar-refractivity contribution in [2.24, 2.45) is 0 Å². The number of rotatable bonds is 5. The van der Waals surface area contributed by atoms with Crippen molar-refractivity contribution in [3.8, 4) is 5.75 Å². The molecule has 0 amide bonds. The first-order valence-corrected chi connectivity index (χ1v) is 5.66. The first-order valence-electron chi connectivity index (χ1n) is 5.66. The summed E-state index contributed by atoms with van der Waals surface area (Å²) in [5.74, 6) is 0.542. The Balaban J connectivity index is 3.03. The van der Waals surface area contributed by atoms with Gasteiger partial charge in [-0.05, 0) is 31.5 Å². The number of halogens is 3. The topological polar surface area (TPSA) is 18.5 Å². The molecule has 102 valence electrons. The lowest BCUT2D eigenvalue weighted by atomic mass is 9.92. The molecule has 0 bridgehead atoms. The maximum atomic E-state index is 12.6. The number of alkyl halides is 3. The van der Waals surface area contributed by atoms with Crippen LogP contribution in [0.1, 0.15) is 25.8 Å². The van der Waals surface area contributed by atoms with Crippen LogP contribution in [0.2, 0.25) is 0 Å². The first kappa shape index (κ1) is 14.8. The Morgan fingerprint density at radius 3 is 2.39 bits per heavy atom. The van der Waals surface area contributed by atoms with E-state index in [0.29, 0.717) is 17.9 Å². The zero-order chi connectivity index (χ0) is 13.8. The van der Waals surface area contributed by atoms with Gasteiger partial charge >= 0.3 is 6.18 Å². The molecular formula is C13H17F3O2. The summed E-state index contributed by atoms with van der Waals surface area (Å²) < 4.78 is 48.0. The van der Waals surface area contributed by atoms with Crippen LogP contribution in [0, 0.1) is 0 Å². The molecule has 1 aromatic rings. The Bertz CT molecular complexity index is 390. The molecule has 1 unspecified atom stereocenters. The van der Waals surface area contributed by atoms with Gasteiger partial charge in [0.1, 0.15) is 5.75 Å². The van der Waals surface area contributed by atoms with Gasteiger partial charge in [-0.1, -0.05) is 12.1 Å². The molecule has 0 aliphatic heterocycles. The van der Waals surface area contributed by atoms with Crippen LogP contribution in [0.5, 0.6) is 5.75 Å². The molecular weight excluding hydrogens is 245 g/mol. The zero-order valence-corrected chi connectivity index (χ0v) is 10.7. The van der Waals surface area contributed by atoms with Crippen LogP contribution in [0.4, 0.5) is 13.2 Å². The van der Waals surface area contributed by atoms with Crippen LogP contribution in [0.15, 0.2) is 24.3 Å². The highest BCUT2D eigenvalue weighted by atomic mass is 19.4. The summed E-state index contributed by atoms with van der Waals surface area (Å²) in [5, 5.41) is 0. The number of hydrogen-bond acceptors (Lipinski definition) is 2. The summed E-state index contributed by atoms with van der Waals surface area (Å²) in [6, 6.07) is 6.56. The third kappa shape index (κ3) is 3.91. The Kier molecular flexibility index (Phi) is 4.62. The van der Waals surface area contributed by atoms with Crippen molar-refractivity contribution in [3.63, 3.8) is 0 Å². The third-order valence-corrected chi connectivity index (χ3v) is 2.74. The maximum absolute atomic E-state index is 12.6. The zero-order valence-electron chi connectivity index (χ0n) is 10.7. The van der Waals surface area contributed by atoms with Crippen LogP contribution >= 0.6 is 0 Å². The van der Waals surface area contributed by atoms with Crippen molar-refractivity contribution in [1.82, 2.24) is 0 Å². The molecule has 0 saturated heterocycles. The third-order valence-electron chi connectivity index (χ3n) is 2.74. The van der Waals surface area contributed by atoms with E-state index in [1.165, 1.54) is 14.0 Å². The minimum absolute atomic E-state index is 0.452. The standard InChI is InChI=1S/C13H17F3O2/c1-4-18-11-7-5-6-10(8-11)12(2,17-3)9-13(14,15)16/h5-8H,4,9H2,1-3H3. The predicted molar refractivity (Wildman–Crippen MR) is 62.6 cm³/mol. The number of benzene rings is 1. The van der Waals surface area contributed by atoms with E-state index >= 15 is 0 Å². The molecule has 2 nitrogen and oxygen atoms in total. The number of methoxy groups -OCH3 is 1. The summed E-state index contributed by atoms with van der Waals surface area (Å²) in [6.45, 7) is 3.70. The fourth-order valence-corrected chi connectivity index (χ4v) is 1.76. The van der Waals surface area contributed by atoms with Crippen LogP contribution in [0.3, 0.4) is 0 Å². The molecule has 1 rings (SSSR count). The number of ether oxygens (including phenoxy) is 2. The highest BCUT2D eigenvalue weighted by Crippen LogP contribution is 2.37. The van der Waals surface area contributed by atoms with Crippen LogP contribution < -0.4 is 4.74 Å². The van der Waals surface area contributed by atoms with Crippen molar-refractivity contribution in [2.45, 2.75) is 32.0 Å². The first-order chi connectivity index (χ1) is 8.30. The Morgan fingerprint density at radius 2 is 1.89 bits per heavy atom. The Labute approximate surface area is 105 Å². The summed E-state index contributed by atoms with van der Waals surface area (Å²) in [6.07, 6.45) is -5.32. The molecule has 0 saturated carbocycles. The summed E-state index contributed by atoms with van der Waals surface area (Å²) in [7, 11) is 1.28. The molecule has 5 heteroatoms. The van der Waals surface area contributed by atoms with Gasteiger partial charge in [0, 0.05) is 7.11 Å². The van der Waals surface area contributed by atoms with Gasteiger partial charge in [0.15, 0.2) is 0 Å². The van der Waals surface area contributed by atoms with E-state index < -0.39 is 18.2 Å². The second-order valence-electron chi connectivity index (χ2n) is 4.19. The molecule has 0 fully saturated rings. The van der Waals surface area contributed by atoms with Crippen LogP contribution in [-0.2, 0) is 10.3 Å². The van der Waals surface area contributed by atoms with Gasteiger partial charge in [0.2, 0.25) is 0 Å². The molecule has 1 aromatic carbocycles.